The van der Waals surface area contributed by atoms with Gasteiger partial charge in [0.05, 0.1) is 7.11 Å². The summed E-state index contributed by atoms with van der Waals surface area (Å²) in [7, 11) is 1.57. The maximum absolute atomic E-state index is 12.8. The van der Waals surface area contributed by atoms with Crippen LogP contribution in [0.5, 0.6) is 5.75 Å². The smallest absolute Gasteiger partial charge is 0.270 e. The minimum atomic E-state index is -0.259. The molecule has 1 heterocycles. The number of rotatable bonds is 6. The summed E-state index contributed by atoms with van der Waals surface area (Å²) in [6.07, 6.45) is 0. The maximum Gasteiger partial charge on any atom is 0.270 e. The van der Waals surface area contributed by atoms with Crippen molar-refractivity contribution in [3.8, 4) is 5.75 Å². The van der Waals surface area contributed by atoms with Crippen LogP contribution in [0.1, 0.15) is 23.0 Å². The number of nitrogens with zero attached hydrogens (tertiary/aromatic N) is 1. The van der Waals surface area contributed by atoms with Gasteiger partial charge in [0.15, 0.2) is 0 Å². The van der Waals surface area contributed by atoms with Crippen LogP contribution >= 0.6 is 0 Å². The molecular weight excluding hydrogens is 342 g/mol. The lowest BCUT2D eigenvalue weighted by atomic mass is 10.2. The molecule has 3 aromatic rings. The number of aromatic amines is 1. The molecule has 0 bridgehead atoms. The van der Waals surface area contributed by atoms with E-state index in [1.54, 1.807) is 31.4 Å². The predicted molar refractivity (Wildman–Crippen MR) is 106 cm³/mol. The summed E-state index contributed by atoms with van der Waals surface area (Å²) in [5.41, 5.74) is 3.14. The van der Waals surface area contributed by atoms with Crippen molar-refractivity contribution in [2.45, 2.75) is 13.8 Å². The predicted octanol–water partition coefficient (Wildman–Crippen LogP) is 3.59. The number of carbonyl (C=O) groups is 2. The minimum Gasteiger partial charge on any atom is -0.497 e. The van der Waals surface area contributed by atoms with E-state index in [2.05, 4.69) is 10.3 Å². The van der Waals surface area contributed by atoms with Crippen LogP contribution in [-0.4, -0.2) is 41.9 Å². The molecule has 0 atom stereocenters. The normalized spacial score (nSPS) is 10.6. The fourth-order valence-electron chi connectivity index (χ4n) is 2.93. The number of ether oxygens (including phenoxy) is 1. The second-order valence-corrected chi connectivity index (χ2v) is 6.37. The Hall–Kier alpha value is -3.28. The average Bonchev–Trinajstić information content (AvgIpc) is 3.08. The van der Waals surface area contributed by atoms with Crippen molar-refractivity contribution in [2.24, 2.45) is 0 Å². The van der Waals surface area contributed by atoms with Crippen molar-refractivity contribution < 1.29 is 14.3 Å². The van der Waals surface area contributed by atoms with E-state index in [1.165, 1.54) is 4.90 Å². The Morgan fingerprint density at radius 3 is 2.70 bits per heavy atom. The molecule has 6 nitrogen and oxygen atoms in total. The summed E-state index contributed by atoms with van der Waals surface area (Å²) in [6, 6.07) is 14.9. The Bertz CT molecular complexity index is 978. The summed E-state index contributed by atoms with van der Waals surface area (Å²) in [4.78, 5) is 29.8. The van der Waals surface area contributed by atoms with Gasteiger partial charge in [0.25, 0.3) is 5.91 Å². The molecule has 27 heavy (non-hydrogen) atoms. The molecule has 2 N–H and O–H groups in total. The third-order valence-electron chi connectivity index (χ3n) is 4.37. The third-order valence-corrected chi connectivity index (χ3v) is 4.37. The van der Waals surface area contributed by atoms with Crippen molar-refractivity contribution in [2.75, 3.05) is 25.5 Å². The van der Waals surface area contributed by atoms with Gasteiger partial charge in [-0.15, -0.1) is 0 Å². The second-order valence-electron chi connectivity index (χ2n) is 6.37. The highest BCUT2D eigenvalue weighted by Crippen LogP contribution is 2.19. The van der Waals surface area contributed by atoms with Crippen molar-refractivity contribution in [3.05, 3.63) is 59.8 Å². The summed E-state index contributed by atoms with van der Waals surface area (Å²) < 4.78 is 5.15. The summed E-state index contributed by atoms with van der Waals surface area (Å²) in [5, 5.41) is 3.77. The van der Waals surface area contributed by atoms with E-state index in [4.69, 9.17) is 4.74 Å². The number of fused-ring (bicyclic) bond motifs is 1. The van der Waals surface area contributed by atoms with E-state index in [-0.39, 0.29) is 18.4 Å². The molecule has 2 aromatic carbocycles. The lowest BCUT2D eigenvalue weighted by Crippen LogP contribution is -2.38. The molecule has 0 unspecified atom stereocenters. The van der Waals surface area contributed by atoms with E-state index in [0.717, 1.165) is 16.5 Å². The largest absolute Gasteiger partial charge is 0.497 e. The van der Waals surface area contributed by atoms with Gasteiger partial charge in [-0.05, 0) is 43.7 Å². The average molecular weight is 365 g/mol. The van der Waals surface area contributed by atoms with E-state index in [1.807, 2.05) is 38.1 Å². The van der Waals surface area contributed by atoms with Gasteiger partial charge in [-0.2, -0.15) is 0 Å². The molecule has 2 amide bonds. The molecule has 140 valence electrons. The van der Waals surface area contributed by atoms with Gasteiger partial charge in [-0.3, -0.25) is 9.59 Å². The van der Waals surface area contributed by atoms with Crippen LogP contribution in [-0.2, 0) is 4.79 Å². The second kappa shape index (κ2) is 7.95. The lowest BCUT2D eigenvalue weighted by Gasteiger charge is -2.19. The first-order chi connectivity index (χ1) is 13.0. The third kappa shape index (κ3) is 4.28. The Balaban J connectivity index is 1.71. The zero-order valence-corrected chi connectivity index (χ0v) is 15.7. The summed E-state index contributed by atoms with van der Waals surface area (Å²) in [6.45, 7) is 4.26. The SMILES string of the molecule is CCN(CC(=O)Nc1cccc(OC)c1)C(=O)c1cc2ccc(C)cc2[nH]1. The number of nitrogens with one attached hydrogen (secondary N) is 2. The number of hydrogen-bond acceptors (Lipinski definition) is 3. The van der Waals surface area contributed by atoms with E-state index >= 15 is 0 Å². The van der Waals surface area contributed by atoms with Gasteiger partial charge in [0.1, 0.15) is 18.0 Å². The van der Waals surface area contributed by atoms with E-state index in [0.29, 0.717) is 23.7 Å². The fraction of sp³-hybridized carbons (Fsp3) is 0.238. The van der Waals surface area contributed by atoms with Gasteiger partial charge in [0, 0.05) is 29.2 Å². The molecule has 0 aliphatic carbocycles. The van der Waals surface area contributed by atoms with Gasteiger partial charge < -0.3 is 19.9 Å². The number of H-pyrrole nitrogens is 1. The Labute approximate surface area is 158 Å². The maximum atomic E-state index is 12.8. The van der Waals surface area contributed by atoms with Crippen LogP contribution in [0.15, 0.2) is 48.5 Å². The first-order valence-electron chi connectivity index (χ1n) is 8.82. The number of aromatic nitrogens is 1. The van der Waals surface area contributed by atoms with Gasteiger partial charge in [0.2, 0.25) is 5.91 Å². The molecule has 0 aliphatic rings. The topological polar surface area (TPSA) is 74.4 Å². The highest BCUT2D eigenvalue weighted by Gasteiger charge is 2.19. The Morgan fingerprint density at radius 2 is 1.96 bits per heavy atom. The number of benzene rings is 2. The number of amides is 2. The number of likely N-dealkylation sites (N-methyl/N-ethyl adjacent to an activating group) is 1. The summed E-state index contributed by atoms with van der Waals surface area (Å²) in [5.74, 6) is 0.196. The van der Waals surface area contributed by atoms with Crippen molar-refractivity contribution >= 4 is 28.4 Å². The molecule has 0 spiro atoms. The van der Waals surface area contributed by atoms with Gasteiger partial charge >= 0.3 is 0 Å². The number of methoxy groups -OCH3 is 1. The number of aryl methyl sites for hydroxylation is 1. The van der Waals surface area contributed by atoms with Crippen molar-refractivity contribution in [1.29, 1.82) is 0 Å². The standard InChI is InChI=1S/C21H23N3O3/c1-4-24(13-20(25)22-16-6-5-7-17(12-16)27-3)21(26)19-11-15-9-8-14(2)10-18(15)23-19/h5-12,23H,4,13H2,1-3H3,(H,22,25). The van der Waals surface area contributed by atoms with Crippen molar-refractivity contribution in [1.82, 2.24) is 9.88 Å². The zero-order chi connectivity index (χ0) is 19.4. The molecule has 0 fully saturated rings. The first-order valence-corrected chi connectivity index (χ1v) is 8.82. The van der Waals surface area contributed by atoms with Crippen LogP contribution in [0.3, 0.4) is 0 Å². The molecule has 0 aliphatic heterocycles. The quantitative estimate of drug-likeness (QED) is 0.701. The molecule has 0 saturated heterocycles. The highest BCUT2D eigenvalue weighted by atomic mass is 16.5. The molecule has 3 rings (SSSR count). The van der Waals surface area contributed by atoms with Gasteiger partial charge in [-0.1, -0.05) is 18.2 Å². The fourth-order valence-corrected chi connectivity index (χ4v) is 2.93. The zero-order valence-electron chi connectivity index (χ0n) is 15.7. The molecular formula is C21H23N3O3. The highest BCUT2D eigenvalue weighted by molar-refractivity contribution is 6.01. The molecule has 0 radical (unpaired) electrons. The first kappa shape index (κ1) is 18.5. The number of carbonyl (C=O) groups excluding carboxylic acids is 2. The number of hydrogen-bond donors (Lipinski definition) is 2. The van der Waals surface area contributed by atoms with E-state index in [9.17, 15) is 9.59 Å². The Morgan fingerprint density at radius 1 is 1.15 bits per heavy atom. The molecule has 0 saturated carbocycles. The van der Waals surface area contributed by atoms with Crippen LogP contribution < -0.4 is 10.1 Å². The van der Waals surface area contributed by atoms with E-state index < -0.39 is 0 Å². The monoisotopic (exact) mass is 365 g/mol. The Kier molecular flexibility index (Phi) is 5.45. The molecule has 6 heteroatoms. The number of anilines is 1. The van der Waals surface area contributed by atoms with Crippen LogP contribution in [0.2, 0.25) is 0 Å². The van der Waals surface area contributed by atoms with Crippen molar-refractivity contribution in [3.63, 3.8) is 0 Å². The summed E-state index contributed by atoms with van der Waals surface area (Å²) >= 11 is 0. The minimum absolute atomic E-state index is 0.0268. The van der Waals surface area contributed by atoms with Crippen LogP contribution in [0, 0.1) is 6.92 Å². The molecule has 1 aromatic heterocycles. The lowest BCUT2D eigenvalue weighted by molar-refractivity contribution is -0.116. The van der Waals surface area contributed by atoms with Crippen LogP contribution in [0.25, 0.3) is 10.9 Å². The van der Waals surface area contributed by atoms with Crippen LogP contribution in [0.4, 0.5) is 5.69 Å². The van der Waals surface area contributed by atoms with Gasteiger partial charge in [-0.25, -0.2) is 0 Å².